The molecule has 0 N–H and O–H groups in total. The third-order valence-electron chi connectivity index (χ3n) is 5.49. The molecule has 22 heavy (non-hydrogen) atoms. The second kappa shape index (κ2) is 5.15. The monoisotopic (exact) mass is 311 g/mol. The maximum atomic E-state index is 2.65. The predicted octanol–water partition coefficient (Wildman–Crippen LogP) is 3.39. The van der Waals surface area contributed by atoms with Crippen LogP contribution in [0.1, 0.15) is 18.4 Å². The van der Waals surface area contributed by atoms with Crippen molar-refractivity contribution < 1.29 is 0 Å². The largest absolute Gasteiger partial charge is 0.324 e. The van der Waals surface area contributed by atoms with Gasteiger partial charge in [-0.1, -0.05) is 6.07 Å². The Morgan fingerprint density at radius 1 is 1.05 bits per heavy atom. The van der Waals surface area contributed by atoms with E-state index < -0.39 is 0 Å². The molecule has 0 saturated carbocycles. The van der Waals surface area contributed by atoms with Gasteiger partial charge in [-0.25, -0.2) is 4.31 Å². The minimum atomic E-state index is 0.745. The van der Waals surface area contributed by atoms with E-state index in [-0.39, 0.29) is 0 Å². The van der Waals surface area contributed by atoms with Gasteiger partial charge in [-0.05, 0) is 73.6 Å². The molecule has 3 fully saturated rings. The first-order chi connectivity index (χ1) is 10.9. The average Bonchev–Trinajstić information content (AvgIpc) is 3.24. The van der Waals surface area contributed by atoms with Crippen LogP contribution in [0.4, 0.5) is 0 Å². The number of hydrogen-bond acceptors (Lipinski definition) is 3. The summed E-state index contributed by atoms with van der Waals surface area (Å²) in [6, 6.07) is 11.8. The zero-order valence-corrected chi connectivity index (χ0v) is 13.5. The molecule has 3 saturated heterocycles. The lowest BCUT2D eigenvalue weighted by molar-refractivity contribution is 0.0420. The van der Waals surface area contributed by atoms with Crippen LogP contribution in [0.5, 0.6) is 0 Å². The molecule has 5 heterocycles. The highest BCUT2D eigenvalue weighted by Gasteiger charge is 2.39. The van der Waals surface area contributed by atoms with E-state index in [0.717, 1.165) is 18.5 Å². The highest BCUT2D eigenvalue weighted by Crippen LogP contribution is 2.43. The Kier molecular flexibility index (Phi) is 3.10. The molecule has 3 nitrogen and oxygen atoms in total. The van der Waals surface area contributed by atoms with Gasteiger partial charge in [0.25, 0.3) is 0 Å². The lowest BCUT2D eigenvalue weighted by Crippen LogP contribution is -2.54. The van der Waals surface area contributed by atoms with Crippen LogP contribution in [0, 0.1) is 5.92 Å². The SMILES string of the molecule is c1ccn(-c2ccc3c(c2)SN([C@@H]2CN4CCC2CC4)C3)c1. The first kappa shape index (κ1) is 13.2. The topological polar surface area (TPSA) is 11.4 Å². The fourth-order valence-corrected chi connectivity index (χ4v) is 5.45. The summed E-state index contributed by atoms with van der Waals surface area (Å²) in [5.74, 6) is 0.913. The summed E-state index contributed by atoms with van der Waals surface area (Å²) >= 11 is 1.99. The van der Waals surface area contributed by atoms with Crippen LogP contribution in [0.25, 0.3) is 5.69 Å². The molecule has 0 amide bonds. The van der Waals surface area contributed by atoms with Crippen LogP contribution >= 0.6 is 11.9 Å². The van der Waals surface area contributed by atoms with E-state index in [1.54, 1.807) is 0 Å². The standard InChI is InChI=1S/C18H21N3S/c1-2-8-20(7-1)16-4-3-15-12-21(22-18(15)11-16)17-13-19-9-5-14(17)6-10-19/h1-4,7-8,11,14,17H,5-6,9-10,12-13H2/t17-/m1/s1. The van der Waals surface area contributed by atoms with Crippen molar-refractivity contribution in [1.29, 1.82) is 0 Å². The number of rotatable bonds is 2. The first-order valence-corrected chi connectivity index (χ1v) is 9.07. The molecule has 114 valence electrons. The van der Waals surface area contributed by atoms with Gasteiger partial charge in [-0.15, -0.1) is 0 Å². The molecule has 0 spiro atoms. The van der Waals surface area contributed by atoms with Gasteiger partial charge in [0, 0.05) is 42.1 Å². The van der Waals surface area contributed by atoms with Crippen molar-refractivity contribution in [1.82, 2.24) is 13.8 Å². The normalized spacial score (nSPS) is 30.6. The Balaban J connectivity index is 1.39. The summed E-state index contributed by atoms with van der Waals surface area (Å²) < 4.78 is 4.85. The smallest absolute Gasteiger partial charge is 0.0461 e. The molecule has 4 heteroatoms. The number of nitrogens with zero attached hydrogens (tertiary/aromatic N) is 3. The molecule has 4 aliphatic rings. The zero-order chi connectivity index (χ0) is 14.5. The van der Waals surface area contributed by atoms with Crippen LogP contribution in [-0.2, 0) is 6.54 Å². The van der Waals surface area contributed by atoms with Crippen molar-refractivity contribution >= 4 is 11.9 Å². The minimum Gasteiger partial charge on any atom is -0.324 e. The van der Waals surface area contributed by atoms with Crippen LogP contribution in [0.15, 0.2) is 47.6 Å². The minimum absolute atomic E-state index is 0.745. The fourth-order valence-electron chi connectivity index (χ4n) is 4.20. The summed E-state index contributed by atoms with van der Waals surface area (Å²) in [5, 5.41) is 0. The summed E-state index contributed by atoms with van der Waals surface area (Å²) in [5.41, 5.74) is 2.77. The van der Waals surface area contributed by atoms with E-state index in [0.29, 0.717) is 0 Å². The van der Waals surface area contributed by atoms with Gasteiger partial charge < -0.3 is 9.47 Å². The summed E-state index contributed by atoms with van der Waals surface area (Å²) in [6.45, 7) is 5.03. The zero-order valence-electron chi connectivity index (χ0n) is 12.7. The third-order valence-corrected chi connectivity index (χ3v) is 6.70. The molecule has 2 aromatic rings. The van der Waals surface area contributed by atoms with Crippen LogP contribution in [-0.4, -0.2) is 39.4 Å². The van der Waals surface area contributed by atoms with Gasteiger partial charge in [-0.3, -0.25) is 0 Å². The van der Waals surface area contributed by atoms with Crippen LogP contribution < -0.4 is 0 Å². The van der Waals surface area contributed by atoms with E-state index in [4.69, 9.17) is 0 Å². The van der Waals surface area contributed by atoms with Crippen molar-refractivity contribution in [2.24, 2.45) is 5.92 Å². The van der Waals surface area contributed by atoms with E-state index in [9.17, 15) is 0 Å². The maximum absolute atomic E-state index is 2.65. The lowest BCUT2D eigenvalue weighted by Gasteiger charge is -2.47. The van der Waals surface area contributed by atoms with Gasteiger partial charge in [-0.2, -0.15) is 0 Å². The van der Waals surface area contributed by atoms with Gasteiger partial charge in [0.05, 0.1) is 0 Å². The van der Waals surface area contributed by atoms with E-state index >= 15 is 0 Å². The molecule has 0 radical (unpaired) electrons. The molecule has 1 aromatic carbocycles. The Bertz CT molecular complexity index is 674. The quantitative estimate of drug-likeness (QED) is 0.788. The number of aromatic nitrogens is 1. The summed E-state index contributed by atoms with van der Waals surface area (Å²) in [4.78, 5) is 4.10. The van der Waals surface area contributed by atoms with Crippen LogP contribution in [0.3, 0.4) is 0 Å². The van der Waals surface area contributed by atoms with Crippen LogP contribution in [0.2, 0.25) is 0 Å². The molecule has 6 rings (SSSR count). The third kappa shape index (κ3) is 2.13. The Morgan fingerprint density at radius 3 is 2.59 bits per heavy atom. The predicted molar refractivity (Wildman–Crippen MR) is 90.1 cm³/mol. The lowest BCUT2D eigenvalue weighted by atomic mass is 9.84. The molecule has 1 aromatic heterocycles. The molecule has 2 bridgehead atoms. The Labute approximate surface area is 136 Å². The first-order valence-electron chi connectivity index (χ1n) is 8.30. The number of hydrogen-bond donors (Lipinski definition) is 0. The van der Waals surface area contributed by atoms with E-state index in [1.807, 2.05) is 11.9 Å². The van der Waals surface area contributed by atoms with Crippen molar-refractivity contribution in [3.8, 4) is 5.69 Å². The highest BCUT2D eigenvalue weighted by atomic mass is 32.2. The molecular formula is C18H21N3S. The van der Waals surface area contributed by atoms with E-state index in [1.165, 1.54) is 48.6 Å². The summed E-state index contributed by atoms with van der Waals surface area (Å²) in [6.07, 6.45) is 7.03. The number of piperidine rings is 3. The van der Waals surface area contributed by atoms with Crippen molar-refractivity contribution in [2.45, 2.75) is 30.3 Å². The molecule has 0 aliphatic carbocycles. The Hall–Kier alpha value is -1.23. The van der Waals surface area contributed by atoms with Gasteiger partial charge in [0.1, 0.15) is 0 Å². The Morgan fingerprint density at radius 2 is 1.86 bits per heavy atom. The highest BCUT2D eigenvalue weighted by molar-refractivity contribution is 7.97. The molecule has 4 aliphatic heterocycles. The molecule has 0 unspecified atom stereocenters. The van der Waals surface area contributed by atoms with Gasteiger partial charge >= 0.3 is 0 Å². The van der Waals surface area contributed by atoms with Crippen molar-refractivity contribution in [3.05, 3.63) is 48.3 Å². The average molecular weight is 311 g/mol. The van der Waals surface area contributed by atoms with Gasteiger partial charge in [0.15, 0.2) is 0 Å². The fraction of sp³-hybridized carbons (Fsp3) is 0.444. The second-order valence-corrected chi connectivity index (χ2v) is 7.85. The summed E-state index contributed by atoms with van der Waals surface area (Å²) in [7, 11) is 0. The molecule has 1 atom stereocenters. The number of fused-ring (bicyclic) bond motifs is 4. The van der Waals surface area contributed by atoms with Gasteiger partial charge in [0.2, 0.25) is 0 Å². The van der Waals surface area contributed by atoms with Crippen molar-refractivity contribution in [3.63, 3.8) is 0 Å². The maximum Gasteiger partial charge on any atom is 0.0461 e. The van der Waals surface area contributed by atoms with E-state index in [2.05, 4.69) is 56.5 Å². The number of benzene rings is 1. The van der Waals surface area contributed by atoms with Crippen molar-refractivity contribution in [2.75, 3.05) is 19.6 Å². The second-order valence-electron chi connectivity index (χ2n) is 6.75. The molecular weight excluding hydrogens is 290 g/mol.